The summed E-state index contributed by atoms with van der Waals surface area (Å²) in [6, 6.07) is 0.712. The van der Waals surface area contributed by atoms with Crippen molar-refractivity contribution in [1.82, 2.24) is 0 Å². The maximum Gasteiger partial charge on any atom is 0.500 e. The first-order valence-electron chi connectivity index (χ1n) is 5.72. The molecule has 1 fully saturated rings. The van der Waals surface area contributed by atoms with Gasteiger partial charge in [0.1, 0.15) is 6.61 Å². The molecule has 0 bridgehead atoms. The third kappa shape index (κ3) is 4.86. The third-order valence-corrected chi connectivity index (χ3v) is 6.41. The van der Waals surface area contributed by atoms with Gasteiger partial charge in [-0.05, 0) is 18.2 Å². The van der Waals surface area contributed by atoms with Crippen molar-refractivity contribution in [2.45, 2.75) is 17.7 Å². The molecule has 18 heavy (non-hydrogen) atoms. The highest BCUT2D eigenvalue weighted by Crippen LogP contribution is 2.22. The summed E-state index contributed by atoms with van der Waals surface area (Å²) in [5, 5.41) is -0.0973. The van der Waals surface area contributed by atoms with Gasteiger partial charge >= 0.3 is 14.1 Å². The van der Waals surface area contributed by atoms with Crippen molar-refractivity contribution in [1.29, 1.82) is 0 Å². The molecule has 0 spiro atoms. The van der Waals surface area contributed by atoms with Crippen LogP contribution < -0.4 is 0 Å². The number of carbonyl (C=O) groups is 1. The van der Waals surface area contributed by atoms with E-state index < -0.39 is 8.80 Å². The third-order valence-electron chi connectivity index (χ3n) is 2.66. The van der Waals surface area contributed by atoms with Gasteiger partial charge in [0.2, 0.25) is 0 Å². The van der Waals surface area contributed by atoms with Crippen LogP contribution in [0.3, 0.4) is 0 Å². The fourth-order valence-electron chi connectivity index (χ4n) is 1.61. The first-order chi connectivity index (χ1) is 8.65. The van der Waals surface area contributed by atoms with Crippen molar-refractivity contribution in [3.8, 4) is 0 Å². The van der Waals surface area contributed by atoms with E-state index in [-0.39, 0.29) is 10.6 Å². The molecule has 0 saturated carbocycles. The number of rotatable bonds is 9. The number of cyclic esters (lactones) is 1. The quantitative estimate of drug-likeness (QED) is 0.363. The summed E-state index contributed by atoms with van der Waals surface area (Å²) in [6.07, 6.45) is 0.800. The van der Waals surface area contributed by atoms with Crippen LogP contribution in [0.25, 0.3) is 0 Å². The van der Waals surface area contributed by atoms with Gasteiger partial charge in [0.05, 0.1) is 11.9 Å². The van der Waals surface area contributed by atoms with E-state index in [0.29, 0.717) is 25.9 Å². The normalized spacial score (nSPS) is 20.2. The fourth-order valence-corrected chi connectivity index (χ4v) is 4.01. The molecule has 6 nitrogen and oxygen atoms in total. The Hall–Kier alpha value is -0.123. The zero-order chi connectivity index (χ0) is 13.4. The molecule has 1 saturated heterocycles. The molecule has 106 valence electrons. The molecule has 1 heterocycles. The van der Waals surface area contributed by atoms with Crippen LogP contribution in [-0.4, -0.2) is 60.5 Å². The Bertz CT molecular complexity index is 252. The molecule has 0 aromatic rings. The van der Waals surface area contributed by atoms with Crippen molar-refractivity contribution >= 4 is 25.9 Å². The number of carbonyl (C=O) groups excluding carboxylic acids is 1. The minimum atomic E-state index is -2.47. The van der Waals surface area contributed by atoms with Gasteiger partial charge in [-0.2, -0.15) is 0 Å². The van der Waals surface area contributed by atoms with Crippen LogP contribution in [0.15, 0.2) is 0 Å². The standard InChI is InChI=1S/C10H20O6SSi/c1-12-18(13-2,14-3)6-4-5-15-7-9-8-16-10(11)17-9/h9H,4-8H2,1-3H3. The molecule has 0 aromatic heterocycles. The van der Waals surface area contributed by atoms with Gasteiger partial charge in [-0.25, -0.2) is 4.79 Å². The second-order valence-electron chi connectivity index (χ2n) is 3.77. The first-order valence-corrected chi connectivity index (χ1v) is 8.53. The molecule has 0 N–H and O–H groups in total. The number of hydrogen-bond acceptors (Lipinski definition) is 7. The molecule has 1 aliphatic rings. The molecule has 1 rings (SSSR count). The Morgan fingerprint density at radius 2 is 2.00 bits per heavy atom. The number of hydrogen-bond donors (Lipinski definition) is 0. The van der Waals surface area contributed by atoms with Crippen molar-refractivity contribution in [3.63, 3.8) is 0 Å². The van der Waals surface area contributed by atoms with Gasteiger partial charge in [-0.1, -0.05) is 0 Å². The van der Waals surface area contributed by atoms with Crippen molar-refractivity contribution < 1.29 is 27.5 Å². The topological polar surface area (TPSA) is 63.2 Å². The van der Waals surface area contributed by atoms with Gasteiger partial charge in [0.25, 0.3) is 0 Å². The molecular formula is C10H20O6SSi. The largest absolute Gasteiger partial charge is 0.500 e. The van der Waals surface area contributed by atoms with Crippen LogP contribution in [0.5, 0.6) is 0 Å². The van der Waals surface area contributed by atoms with Crippen LogP contribution in [0.2, 0.25) is 6.04 Å². The molecule has 0 radical (unpaired) electrons. The lowest BCUT2D eigenvalue weighted by Gasteiger charge is -2.24. The summed E-state index contributed by atoms with van der Waals surface area (Å²) >= 11 is 1.19. The Morgan fingerprint density at radius 1 is 1.33 bits per heavy atom. The van der Waals surface area contributed by atoms with Gasteiger partial charge < -0.3 is 22.8 Å². The van der Waals surface area contributed by atoms with Gasteiger partial charge in [-0.3, -0.25) is 0 Å². The second-order valence-corrected chi connectivity index (χ2v) is 8.10. The Morgan fingerprint density at radius 3 is 2.50 bits per heavy atom. The fraction of sp³-hybridized carbons (Fsp3) is 0.900. The Kier molecular flexibility index (Phi) is 7.20. The lowest BCUT2D eigenvalue weighted by molar-refractivity contribution is 0.103. The highest BCUT2D eigenvalue weighted by atomic mass is 32.2. The highest BCUT2D eigenvalue weighted by molar-refractivity contribution is 8.14. The summed E-state index contributed by atoms with van der Waals surface area (Å²) in [4.78, 5) is 10.8. The molecule has 0 aromatic carbocycles. The summed E-state index contributed by atoms with van der Waals surface area (Å²) in [6.45, 7) is 1.56. The van der Waals surface area contributed by atoms with Crippen LogP contribution >= 0.6 is 11.8 Å². The maximum absolute atomic E-state index is 10.8. The van der Waals surface area contributed by atoms with Crippen molar-refractivity contribution in [2.24, 2.45) is 0 Å². The average Bonchev–Trinajstić information content (AvgIpc) is 2.80. The molecule has 1 unspecified atom stereocenters. The summed E-state index contributed by atoms with van der Waals surface area (Å²) in [5.74, 6) is 0. The Balaban J connectivity index is 2.09. The van der Waals surface area contributed by atoms with Gasteiger partial charge in [-0.15, -0.1) is 0 Å². The van der Waals surface area contributed by atoms with Gasteiger partial charge in [0, 0.05) is 34.0 Å². The van der Waals surface area contributed by atoms with Crippen molar-refractivity contribution in [2.75, 3.05) is 41.2 Å². The summed E-state index contributed by atoms with van der Waals surface area (Å²) < 4.78 is 26.2. The van der Waals surface area contributed by atoms with E-state index in [1.807, 2.05) is 0 Å². The Labute approximate surface area is 113 Å². The number of ether oxygens (including phenoxy) is 2. The van der Waals surface area contributed by atoms with Crippen molar-refractivity contribution in [3.05, 3.63) is 0 Å². The zero-order valence-corrected chi connectivity index (χ0v) is 12.8. The lowest BCUT2D eigenvalue weighted by Crippen LogP contribution is -2.42. The highest BCUT2D eigenvalue weighted by Gasteiger charge is 2.36. The molecular weight excluding hydrogens is 276 g/mol. The predicted molar refractivity (Wildman–Crippen MR) is 69.8 cm³/mol. The molecule has 1 atom stereocenters. The first kappa shape index (κ1) is 15.9. The van der Waals surface area contributed by atoms with E-state index >= 15 is 0 Å². The monoisotopic (exact) mass is 296 g/mol. The SMILES string of the molecule is CO[Si](CCCOCC1COC(=O)S1)(OC)OC. The summed E-state index contributed by atoms with van der Waals surface area (Å²) in [5.41, 5.74) is 0. The molecule has 0 aliphatic carbocycles. The molecule has 0 amide bonds. The second kappa shape index (κ2) is 8.13. The van der Waals surface area contributed by atoms with E-state index in [0.717, 1.165) is 6.42 Å². The average molecular weight is 296 g/mol. The molecule has 1 aliphatic heterocycles. The predicted octanol–water partition coefficient (Wildman–Crippen LogP) is 1.52. The number of thioether (sulfide) groups is 1. The lowest BCUT2D eigenvalue weighted by atomic mass is 10.4. The van der Waals surface area contributed by atoms with Crippen LogP contribution in [0.4, 0.5) is 4.79 Å². The van der Waals surface area contributed by atoms with Crippen LogP contribution in [-0.2, 0) is 22.8 Å². The van der Waals surface area contributed by atoms with E-state index in [1.165, 1.54) is 11.8 Å². The summed E-state index contributed by atoms with van der Waals surface area (Å²) in [7, 11) is 2.31. The van der Waals surface area contributed by atoms with E-state index in [9.17, 15) is 4.79 Å². The zero-order valence-electron chi connectivity index (χ0n) is 11.0. The van der Waals surface area contributed by atoms with E-state index in [4.69, 9.17) is 22.8 Å². The van der Waals surface area contributed by atoms with Crippen LogP contribution in [0, 0.1) is 0 Å². The minimum Gasteiger partial charge on any atom is -0.456 e. The minimum absolute atomic E-state index is 0.117. The smallest absolute Gasteiger partial charge is 0.456 e. The maximum atomic E-state index is 10.8. The van der Waals surface area contributed by atoms with Gasteiger partial charge in [0.15, 0.2) is 0 Å². The van der Waals surface area contributed by atoms with Crippen LogP contribution in [0.1, 0.15) is 6.42 Å². The molecule has 8 heteroatoms. The van der Waals surface area contributed by atoms with E-state index in [1.54, 1.807) is 21.3 Å². The van der Waals surface area contributed by atoms with E-state index in [2.05, 4.69) is 0 Å².